The number of primary amides is 1. The maximum Gasteiger partial charge on any atom is 0.342 e. The summed E-state index contributed by atoms with van der Waals surface area (Å²) < 4.78 is 6.47. The van der Waals surface area contributed by atoms with Gasteiger partial charge in [0.25, 0.3) is 5.91 Å². The van der Waals surface area contributed by atoms with E-state index in [1.807, 2.05) is 23.5 Å². The molecule has 3 N–H and O–H groups in total. The quantitative estimate of drug-likeness (QED) is 0.789. The molecule has 0 spiro atoms. The lowest BCUT2D eigenvalue weighted by molar-refractivity contribution is -0.127. The van der Waals surface area contributed by atoms with E-state index in [0.717, 1.165) is 5.56 Å². The van der Waals surface area contributed by atoms with Crippen molar-refractivity contribution in [3.05, 3.63) is 52.8 Å². The molecule has 3 amide bonds. The van der Waals surface area contributed by atoms with Crippen LogP contribution in [0.15, 0.2) is 36.7 Å². The van der Waals surface area contributed by atoms with E-state index in [1.54, 1.807) is 6.07 Å². The number of halogens is 1. The summed E-state index contributed by atoms with van der Waals surface area (Å²) in [6.07, 6.45) is 1.62. The van der Waals surface area contributed by atoms with Crippen molar-refractivity contribution in [3.8, 4) is 0 Å². The fourth-order valence-corrected chi connectivity index (χ4v) is 2.06. The molecule has 0 aliphatic rings. The Morgan fingerprint density at radius 1 is 1.38 bits per heavy atom. The Labute approximate surface area is 142 Å². The van der Waals surface area contributed by atoms with Crippen molar-refractivity contribution in [2.45, 2.75) is 19.6 Å². The fourth-order valence-electron chi connectivity index (χ4n) is 1.86. The average Bonchev–Trinajstić information content (AvgIpc) is 2.97. The van der Waals surface area contributed by atoms with Crippen molar-refractivity contribution in [1.82, 2.24) is 15.1 Å². The first-order chi connectivity index (χ1) is 11.4. The number of carbonyl (C=O) groups is 3. The van der Waals surface area contributed by atoms with Crippen LogP contribution >= 0.6 is 11.6 Å². The molecular formula is C15H15ClN4O4. The highest BCUT2D eigenvalue weighted by Crippen LogP contribution is 2.16. The third-order valence-corrected chi connectivity index (χ3v) is 3.43. The number of imide groups is 1. The lowest BCUT2D eigenvalue weighted by Gasteiger charge is -2.10. The van der Waals surface area contributed by atoms with Crippen molar-refractivity contribution in [3.63, 3.8) is 0 Å². The number of aromatic nitrogens is 2. The molecule has 24 heavy (non-hydrogen) atoms. The predicted molar refractivity (Wildman–Crippen MR) is 85.4 cm³/mol. The molecule has 2 rings (SSSR count). The predicted octanol–water partition coefficient (Wildman–Crippen LogP) is 1.32. The summed E-state index contributed by atoms with van der Waals surface area (Å²) in [6, 6.07) is 6.25. The van der Waals surface area contributed by atoms with Crippen LogP contribution in [0.4, 0.5) is 4.79 Å². The summed E-state index contributed by atoms with van der Waals surface area (Å²) in [4.78, 5) is 34.1. The summed E-state index contributed by atoms with van der Waals surface area (Å²) in [7, 11) is 0. The van der Waals surface area contributed by atoms with Gasteiger partial charge in [0.1, 0.15) is 0 Å². The highest BCUT2D eigenvalue weighted by molar-refractivity contribution is 6.31. The standard InChI is InChI=1S/C15H15ClN4O4/c1-9(13(21)19-15(17)23)24-14(22)11-6-18-20(8-11)7-10-4-2-3-5-12(10)16/h2-6,8-9H,7H2,1H3,(H3,17,19,21,23). The Hall–Kier alpha value is -2.87. The van der Waals surface area contributed by atoms with Crippen LogP contribution in [-0.4, -0.2) is 33.8 Å². The molecule has 0 fully saturated rings. The molecule has 0 aliphatic heterocycles. The van der Waals surface area contributed by atoms with Gasteiger partial charge in [0.15, 0.2) is 6.10 Å². The van der Waals surface area contributed by atoms with Crippen molar-refractivity contribution >= 4 is 29.5 Å². The SMILES string of the molecule is CC(OC(=O)c1cnn(Cc2ccccc2Cl)c1)C(=O)NC(N)=O. The number of hydrogen-bond donors (Lipinski definition) is 2. The summed E-state index contributed by atoms with van der Waals surface area (Å²) in [5.74, 6) is -1.55. The lowest BCUT2D eigenvalue weighted by Crippen LogP contribution is -2.42. The number of nitrogens with two attached hydrogens (primary N) is 1. The van der Waals surface area contributed by atoms with E-state index in [1.165, 1.54) is 24.0 Å². The van der Waals surface area contributed by atoms with E-state index in [4.69, 9.17) is 22.1 Å². The Morgan fingerprint density at radius 2 is 2.08 bits per heavy atom. The minimum atomic E-state index is -1.17. The van der Waals surface area contributed by atoms with Crippen LogP contribution in [-0.2, 0) is 16.1 Å². The third kappa shape index (κ3) is 4.56. The van der Waals surface area contributed by atoms with Crippen LogP contribution in [0.1, 0.15) is 22.8 Å². The Kier molecular flexibility index (Phi) is 5.54. The topological polar surface area (TPSA) is 116 Å². The second kappa shape index (κ2) is 7.60. The molecular weight excluding hydrogens is 336 g/mol. The van der Waals surface area contributed by atoms with Crippen molar-refractivity contribution < 1.29 is 19.1 Å². The molecule has 0 bridgehead atoms. The molecule has 0 radical (unpaired) electrons. The number of benzene rings is 1. The van der Waals surface area contributed by atoms with E-state index in [-0.39, 0.29) is 5.56 Å². The van der Waals surface area contributed by atoms with E-state index < -0.39 is 24.0 Å². The van der Waals surface area contributed by atoms with E-state index in [2.05, 4.69) is 5.10 Å². The molecule has 1 atom stereocenters. The van der Waals surface area contributed by atoms with Gasteiger partial charge >= 0.3 is 12.0 Å². The molecule has 1 unspecified atom stereocenters. The molecule has 0 saturated carbocycles. The van der Waals surface area contributed by atoms with Gasteiger partial charge in [-0.1, -0.05) is 29.8 Å². The van der Waals surface area contributed by atoms with Gasteiger partial charge in [0.05, 0.1) is 18.3 Å². The van der Waals surface area contributed by atoms with Crippen molar-refractivity contribution in [2.75, 3.05) is 0 Å². The normalized spacial score (nSPS) is 11.6. The van der Waals surface area contributed by atoms with Gasteiger partial charge in [-0.25, -0.2) is 9.59 Å². The summed E-state index contributed by atoms with van der Waals surface area (Å²) in [5.41, 5.74) is 5.84. The number of hydrogen-bond acceptors (Lipinski definition) is 5. The largest absolute Gasteiger partial charge is 0.449 e. The fraction of sp³-hybridized carbons (Fsp3) is 0.200. The van der Waals surface area contributed by atoms with Gasteiger partial charge in [-0.15, -0.1) is 0 Å². The van der Waals surface area contributed by atoms with Gasteiger partial charge in [0, 0.05) is 11.2 Å². The maximum atomic E-state index is 12.0. The number of urea groups is 1. The van der Waals surface area contributed by atoms with E-state index in [9.17, 15) is 14.4 Å². The molecule has 1 aromatic heterocycles. The van der Waals surface area contributed by atoms with Gasteiger partial charge in [0.2, 0.25) is 0 Å². The van der Waals surface area contributed by atoms with Crippen LogP contribution in [0.25, 0.3) is 0 Å². The van der Waals surface area contributed by atoms with Crippen LogP contribution in [0.5, 0.6) is 0 Å². The van der Waals surface area contributed by atoms with Crippen LogP contribution in [0.3, 0.4) is 0 Å². The summed E-state index contributed by atoms with van der Waals surface area (Å²) in [5, 5.41) is 6.48. The Bertz CT molecular complexity index is 774. The van der Waals surface area contributed by atoms with Crippen LogP contribution in [0, 0.1) is 0 Å². The molecule has 0 saturated heterocycles. The number of esters is 1. The van der Waals surface area contributed by atoms with Gasteiger partial charge in [-0.2, -0.15) is 5.10 Å². The molecule has 0 aliphatic carbocycles. The second-order valence-electron chi connectivity index (χ2n) is 4.92. The number of carbonyl (C=O) groups excluding carboxylic acids is 3. The smallest absolute Gasteiger partial charge is 0.342 e. The number of rotatable bonds is 5. The second-order valence-corrected chi connectivity index (χ2v) is 5.33. The first-order valence-corrected chi connectivity index (χ1v) is 7.31. The van der Waals surface area contributed by atoms with E-state index in [0.29, 0.717) is 11.6 Å². The van der Waals surface area contributed by atoms with E-state index >= 15 is 0 Å². The first-order valence-electron chi connectivity index (χ1n) is 6.94. The maximum absolute atomic E-state index is 12.0. The van der Waals surface area contributed by atoms with Gasteiger partial charge < -0.3 is 10.5 Å². The number of nitrogens with one attached hydrogen (secondary N) is 1. The number of ether oxygens (including phenoxy) is 1. The zero-order valence-electron chi connectivity index (χ0n) is 12.7. The summed E-state index contributed by atoms with van der Waals surface area (Å²) in [6.45, 7) is 1.70. The summed E-state index contributed by atoms with van der Waals surface area (Å²) >= 11 is 6.07. The molecule has 1 aromatic carbocycles. The zero-order valence-corrected chi connectivity index (χ0v) is 13.5. The van der Waals surface area contributed by atoms with Crippen LogP contribution < -0.4 is 11.1 Å². The molecule has 126 valence electrons. The third-order valence-electron chi connectivity index (χ3n) is 3.06. The Morgan fingerprint density at radius 3 is 2.75 bits per heavy atom. The molecule has 2 aromatic rings. The van der Waals surface area contributed by atoms with Crippen molar-refractivity contribution in [2.24, 2.45) is 5.73 Å². The average molecular weight is 351 g/mol. The van der Waals surface area contributed by atoms with Gasteiger partial charge in [-0.3, -0.25) is 14.8 Å². The number of nitrogens with zero attached hydrogens (tertiary/aromatic N) is 2. The number of amides is 3. The minimum Gasteiger partial charge on any atom is -0.449 e. The monoisotopic (exact) mass is 350 g/mol. The highest BCUT2D eigenvalue weighted by Gasteiger charge is 2.21. The lowest BCUT2D eigenvalue weighted by atomic mass is 10.2. The minimum absolute atomic E-state index is 0.167. The molecule has 9 heteroatoms. The van der Waals surface area contributed by atoms with Crippen molar-refractivity contribution in [1.29, 1.82) is 0 Å². The van der Waals surface area contributed by atoms with Gasteiger partial charge in [-0.05, 0) is 18.6 Å². The highest BCUT2D eigenvalue weighted by atomic mass is 35.5. The Balaban J connectivity index is 1.99. The molecule has 1 heterocycles. The first kappa shape index (κ1) is 17.5. The molecule has 8 nitrogen and oxygen atoms in total. The van der Waals surface area contributed by atoms with Crippen LogP contribution in [0.2, 0.25) is 5.02 Å². The zero-order chi connectivity index (χ0) is 17.7.